The van der Waals surface area contributed by atoms with Crippen molar-refractivity contribution in [1.82, 2.24) is 5.32 Å². The molecule has 0 spiro atoms. The third-order valence-electron chi connectivity index (χ3n) is 4.08. The van der Waals surface area contributed by atoms with E-state index in [0.717, 1.165) is 12.0 Å². The Morgan fingerprint density at radius 3 is 2.34 bits per heavy atom. The van der Waals surface area contributed by atoms with Gasteiger partial charge in [0, 0.05) is 6.54 Å². The zero-order chi connectivity index (χ0) is 21.1. The summed E-state index contributed by atoms with van der Waals surface area (Å²) < 4.78 is 21.0. The lowest BCUT2D eigenvalue weighted by atomic mass is 10.1. The maximum atomic E-state index is 12.0. The maximum Gasteiger partial charge on any atom is 0.338 e. The van der Waals surface area contributed by atoms with Crippen molar-refractivity contribution >= 4 is 11.9 Å². The van der Waals surface area contributed by atoms with E-state index in [1.807, 2.05) is 25.1 Å². The smallest absolute Gasteiger partial charge is 0.338 e. The predicted octanol–water partition coefficient (Wildman–Crippen LogP) is 3.01. The second kappa shape index (κ2) is 11.6. The van der Waals surface area contributed by atoms with E-state index >= 15 is 0 Å². The van der Waals surface area contributed by atoms with Gasteiger partial charge in [-0.2, -0.15) is 0 Å². The van der Waals surface area contributed by atoms with Crippen molar-refractivity contribution in [2.75, 3.05) is 34.0 Å². The normalized spacial score (nSPS) is 10.2. The number of ether oxygens (including phenoxy) is 4. The highest BCUT2D eigenvalue weighted by molar-refractivity contribution is 5.91. The van der Waals surface area contributed by atoms with Crippen LogP contribution in [-0.4, -0.2) is 45.9 Å². The maximum absolute atomic E-state index is 12.0. The van der Waals surface area contributed by atoms with Crippen molar-refractivity contribution in [3.05, 3.63) is 53.6 Å². The highest BCUT2D eigenvalue weighted by atomic mass is 16.5. The standard InChI is InChI=1S/C22H27NO6/c1-4-13-28-18-8-6-17(7-9-18)22(25)29-15-21(24)23-12-11-16-5-10-19(26-2)20(14-16)27-3/h5-10,14H,4,11-13,15H2,1-3H3,(H,23,24). The van der Waals surface area contributed by atoms with Crippen LogP contribution >= 0.6 is 0 Å². The number of carbonyl (C=O) groups is 2. The van der Waals surface area contributed by atoms with Crippen LogP contribution in [-0.2, 0) is 16.0 Å². The largest absolute Gasteiger partial charge is 0.494 e. The summed E-state index contributed by atoms with van der Waals surface area (Å²) >= 11 is 0. The minimum Gasteiger partial charge on any atom is -0.494 e. The molecular weight excluding hydrogens is 374 g/mol. The molecule has 0 bridgehead atoms. The molecule has 29 heavy (non-hydrogen) atoms. The number of hydrogen-bond acceptors (Lipinski definition) is 6. The van der Waals surface area contributed by atoms with Gasteiger partial charge in [-0.1, -0.05) is 13.0 Å². The molecule has 0 saturated carbocycles. The summed E-state index contributed by atoms with van der Waals surface area (Å²) in [4.78, 5) is 23.9. The van der Waals surface area contributed by atoms with Crippen LogP contribution in [0.25, 0.3) is 0 Å². The molecule has 2 aromatic rings. The van der Waals surface area contributed by atoms with Gasteiger partial charge >= 0.3 is 5.97 Å². The van der Waals surface area contributed by atoms with Crippen LogP contribution in [0.5, 0.6) is 17.2 Å². The first-order valence-electron chi connectivity index (χ1n) is 9.45. The van der Waals surface area contributed by atoms with Gasteiger partial charge in [0.05, 0.1) is 26.4 Å². The Labute approximate surface area is 170 Å². The molecule has 0 fully saturated rings. The Morgan fingerprint density at radius 1 is 0.966 bits per heavy atom. The van der Waals surface area contributed by atoms with Gasteiger partial charge in [-0.25, -0.2) is 4.79 Å². The van der Waals surface area contributed by atoms with E-state index < -0.39 is 5.97 Å². The number of nitrogens with one attached hydrogen (secondary N) is 1. The van der Waals surface area contributed by atoms with Gasteiger partial charge in [0.2, 0.25) is 0 Å². The van der Waals surface area contributed by atoms with Crippen LogP contribution < -0.4 is 19.5 Å². The fraction of sp³-hybridized carbons (Fsp3) is 0.364. The highest BCUT2D eigenvalue weighted by Crippen LogP contribution is 2.27. The van der Waals surface area contributed by atoms with Crippen molar-refractivity contribution in [3.8, 4) is 17.2 Å². The summed E-state index contributed by atoms with van der Waals surface area (Å²) in [5.41, 5.74) is 1.36. The summed E-state index contributed by atoms with van der Waals surface area (Å²) in [6, 6.07) is 12.2. The van der Waals surface area contributed by atoms with Gasteiger partial charge < -0.3 is 24.3 Å². The second-order valence-electron chi connectivity index (χ2n) is 6.24. The van der Waals surface area contributed by atoms with Gasteiger partial charge in [0.1, 0.15) is 5.75 Å². The molecule has 1 N–H and O–H groups in total. The van der Waals surface area contributed by atoms with Gasteiger partial charge in [-0.15, -0.1) is 0 Å². The summed E-state index contributed by atoms with van der Waals surface area (Å²) in [7, 11) is 3.15. The molecule has 0 radical (unpaired) electrons. The van der Waals surface area contributed by atoms with E-state index in [1.165, 1.54) is 0 Å². The van der Waals surface area contributed by atoms with E-state index in [0.29, 0.717) is 42.4 Å². The molecule has 0 aromatic heterocycles. The lowest BCUT2D eigenvalue weighted by Crippen LogP contribution is -2.30. The summed E-state index contributed by atoms with van der Waals surface area (Å²) in [5.74, 6) is 1.06. The molecule has 0 unspecified atom stereocenters. The Bertz CT molecular complexity index is 803. The van der Waals surface area contributed by atoms with E-state index in [2.05, 4.69) is 5.32 Å². The molecule has 2 aromatic carbocycles. The average molecular weight is 401 g/mol. The Hall–Kier alpha value is -3.22. The third kappa shape index (κ3) is 7.03. The molecule has 7 heteroatoms. The van der Waals surface area contributed by atoms with Crippen molar-refractivity contribution < 1.29 is 28.5 Å². The first-order valence-corrected chi connectivity index (χ1v) is 9.45. The van der Waals surface area contributed by atoms with Gasteiger partial charge in [0.25, 0.3) is 5.91 Å². The number of carbonyl (C=O) groups excluding carboxylic acids is 2. The summed E-state index contributed by atoms with van der Waals surface area (Å²) in [6.07, 6.45) is 1.52. The fourth-order valence-corrected chi connectivity index (χ4v) is 2.56. The number of rotatable bonds is 11. The first-order chi connectivity index (χ1) is 14.1. The number of methoxy groups -OCH3 is 2. The molecule has 0 heterocycles. The third-order valence-corrected chi connectivity index (χ3v) is 4.08. The van der Waals surface area contributed by atoms with Crippen LogP contribution in [0, 0.1) is 0 Å². The molecule has 0 aliphatic heterocycles. The minimum atomic E-state index is -0.554. The van der Waals surface area contributed by atoms with Crippen LogP contribution in [0.1, 0.15) is 29.3 Å². The molecule has 1 amide bonds. The number of esters is 1. The molecule has 0 aliphatic carbocycles. The topological polar surface area (TPSA) is 83.1 Å². The quantitative estimate of drug-likeness (QED) is 0.583. The van der Waals surface area contributed by atoms with Crippen molar-refractivity contribution in [1.29, 1.82) is 0 Å². The molecule has 156 valence electrons. The highest BCUT2D eigenvalue weighted by Gasteiger charge is 2.11. The van der Waals surface area contributed by atoms with Crippen molar-refractivity contribution in [3.63, 3.8) is 0 Å². The second-order valence-corrected chi connectivity index (χ2v) is 6.24. The van der Waals surface area contributed by atoms with Gasteiger partial charge in [-0.3, -0.25) is 4.79 Å². The Kier molecular flexibility index (Phi) is 8.82. The van der Waals surface area contributed by atoms with Crippen LogP contribution in [0.3, 0.4) is 0 Å². The van der Waals surface area contributed by atoms with E-state index in [1.54, 1.807) is 38.5 Å². The number of amides is 1. The van der Waals surface area contributed by atoms with Crippen LogP contribution in [0.15, 0.2) is 42.5 Å². The summed E-state index contributed by atoms with van der Waals surface area (Å²) in [6.45, 7) is 2.71. The van der Waals surface area contributed by atoms with E-state index in [4.69, 9.17) is 18.9 Å². The van der Waals surface area contributed by atoms with E-state index in [-0.39, 0.29) is 12.5 Å². The predicted molar refractivity (Wildman–Crippen MR) is 109 cm³/mol. The summed E-state index contributed by atoms with van der Waals surface area (Å²) in [5, 5.41) is 2.73. The minimum absolute atomic E-state index is 0.334. The molecule has 7 nitrogen and oxygen atoms in total. The molecule has 0 aliphatic rings. The lowest BCUT2D eigenvalue weighted by Gasteiger charge is -2.10. The lowest BCUT2D eigenvalue weighted by molar-refractivity contribution is -0.124. The van der Waals surface area contributed by atoms with E-state index in [9.17, 15) is 9.59 Å². The van der Waals surface area contributed by atoms with Gasteiger partial charge in [0.15, 0.2) is 18.1 Å². The SMILES string of the molecule is CCCOc1ccc(C(=O)OCC(=O)NCCc2ccc(OC)c(OC)c2)cc1. The zero-order valence-corrected chi connectivity index (χ0v) is 17.0. The Morgan fingerprint density at radius 2 is 1.69 bits per heavy atom. The van der Waals surface area contributed by atoms with Gasteiger partial charge in [-0.05, 0) is 54.8 Å². The average Bonchev–Trinajstić information content (AvgIpc) is 2.76. The molecule has 2 rings (SSSR count). The van der Waals surface area contributed by atoms with Crippen LogP contribution in [0.4, 0.5) is 0 Å². The van der Waals surface area contributed by atoms with Crippen LogP contribution in [0.2, 0.25) is 0 Å². The Balaban J connectivity index is 1.73. The zero-order valence-electron chi connectivity index (χ0n) is 17.0. The number of benzene rings is 2. The molecule has 0 saturated heterocycles. The van der Waals surface area contributed by atoms with Crippen molar-refractivity contribution in [2.45, 2.75) is 19.8 Å². The first kappa shape index (κ1) is 22.1. The molecular formula is C22H27NO6. The van der Waals surface area contributed by atoms with Crippen molar-refractivity contribution in [2.24, 2.45) is 0 Å². The molecule has 0 atom stereocenters. The number of hydrogen-bond donors (Lipinski definition) is 1. The monoisotopic (exact) mass is 401 g/mol. The fourth-order valence-electron chi connectivity index (χ4n) is 2.56.